The number of amides is 1. The van der Waals surface area contributed by atoms with Crippen molar-refractivity contribution < 1.29 is 9.53 Å². The molecular formula is C17H19NO2. The molecule has 0 fully saturated rings. The Bertz CT molecular complexity index is 559. The summed E-state index contributed by atoms with van der Waals surface area (Å²) in [6.07, 6.45) is 0. The number of carbonyl (C=O) groups excluding carboxylic acids is 1. The van der Waals surface area contributed by atoms with E-state index in [0.717, 1.165) is 11.3 Å². The monoisotopic (exact) mass is 269 g/mol. The molecule has 0 saturated heterocycles. The van der Waals surface area contributed by atoms with E-state index in [9.17, 15) is 4.79 Å². The number of hydrogen-bond donors (Lipinski definition) is 1. The predicted octanol–water partition coefficient (Wildman–Crippen LogP) is 3.32. The number of aryl methyl sites for hydroxylation is 1. The van der Waals surface area contributed by atoms with E-state index in [0.29, 0.717) is 18.7 Å². The summed E-state index contributed by atoms with van der Waals surface area (Å²) in [5, 5.41) is 2.91. The third-order valence-electron chi connectivity index (χ3n) is 3.00. The molecule has 0 radical (unpaired) electrons. The quantitative estimate of drug-likeness (QED) is 0.904. The van der Waals surface area contributed by atoms with Crippen molar-refractivity contribution in [2.45, 2.75) is 20.4 Å². The van der Waals surface area contributed by atoms with Gasteiger partial charge >= 0.3 is 0 Å². The lowest BCUT2D eigenvalue weighted by molar-refractivity contribution is 0.0951. The fourth-order valence-corrected chi connectivity index (χ4v) is 1.86. The summed E-state index contributed by atoms with van der Waals surface area (Å²) >= 11 is 0. The Morgan fingerprint density at radius 1 is 1.05 bits per heavy atom. The van der Waals surface area contributed by atoms with Gasteiger partial charge in [-0.3, -0.25) is 4.79 Å². The molecule has 20 heavy (non-hydrogen) atoms. The van der Waals surface area contributed by atoms with Gasteiger partial charge in [0, 0.05) is 12.1 Å². The minimum atomic E-state index is -0.0753. The van der Waals surface area contributed by atoms with Crippen LogP contribution in [0, 0.1) is 6.92 Å². The van der Waals surface area contributed by atoms with Crippen molar-refractivity contribution in [2.24, 2.45) is 0 Å². The highest BCUT2D eigenvalue weighted by Crippen LogP contribution is 2.12. The predicted molar refractivity (Wildman–Crippen MR) is 80.0 cm³/mol. The lowest BCUT2D eigenvalue weighted by atomic mass is 10.1. The second kappa shape index (κ2) is 6.75. The number of rotatable bonds is 5. The first kappa shape index (κ1) is 14.1. The number of nitrogens with one attached hydrogen (secondary N) is 1. The molecule has 3 nitrogen and oxygen atoms in total. The molecule has 104 valence electrons. The number of carbonyl (C=O) groups is 1. The molecule has 2 aromatic rings. The van der Waals surface area contributed by atoms with Gasteiger partial charge in [-0.05, 0) is 43.7 Å². The summed E-state index contributed by atoms with van der Waals surface area (Å²) < 4.78 is 5.35. The van der Waals surface area contributed by atoms with Crippen LogP contribution in [-0.4, -0.2) is 12.5 Å². The van der Waals surface area contributed by atoms with Gasteiger partial charge in [0.05, 0.1) is 6.61 Å². The van der Waals surface area contributed by atoms with Gasteiger partial charge in [-0.25, -0.2) is 0 Å². The molecule has 1 amide bonds. The lowest BCUT2D eigenvalue weighted by Crippen LogP contribution is -2.22. The van der Waals surface area contributed by atoms with Crippen molar-refractivity contribution in [1.82, 2.24) is 5.32 Å². The topological polar surface area (TPSA) is 38.3 Å². The van der Waals surface area contributed by atoms with Gasteiger partial charge in [-0.2, -0.15) is 0 Å². The molecule has 0 aliphatic rings. The average molecular weight is 269 g/mol. The molecule has 0 bridgehead atoms. The second-order valence-corrected chi connectivity index (χ2v) is 4.63. The standard InChI is InChI=1S/C17H19NO2/c1-3-20-16-10-8-15(9-11-16)17(19)18-12-14-6-4-13(2)5-7-14/h4-11H,3,12H2,1-2H3,(H,18,19). The third kappa shape index (κ3) is 3.85. The Kier molecular flexibility index (Phi) is 4.77. The SMILES string of the molecule is CCOc1ccc(C(=O)NCc2ccc(C)cc2)cc1. The summed E-state index contributed by atoms with van der Waals surface area (Å²) in [4.78, 5) is 12.0. The number of ether oxygens (including phenoxy) is 1. The summed E-state index contributed by atoms with van der Waals surface area (Å²) in [6, 6.07) is 15.3. The van der Waals surface area contributed by atoms with Gasteiger partial charge in [0.25, 0.3) is 5.91 Å². The molecule has 0 heterocycles. The molecule has 0 aromatic heterocycles. The van der Waals surface area contributed by atoms with E-state index in [4.69, 9.17) is 4.74 Å². The Labute approximate surface area is 119 Å². The smallest absolute Gasteiger partial charge is 0.251 e. The van der Waals surface area contributed by atoms with Crippen LogP contribution in [0.25, 0.3) is 0 Å². The lowest BCUT2D eigenvalue weighted by Gasteiger charge is -2.07. The van der Waals surface area contributed by atoms with E-state index in [1.807, 2.05) is 50.2 Å². The first-order valence-corrected chi connectivity index (χ1v) is 6.75. The highest BCUT2D eigenvalue weighted by atomic mass is 16.5. The van der Waals surface area contributed by atoms with Crippen LogP contribution in [-0.2, 0) is 6.54 Å². The van der Waals surface area contributed by atoms with Gasteiger partial charge in [0.15, 0.2) is 0 Å². The number of hydrogen-bond acceptors (Lipinski definition) is 2. The summed E-state index contributed by atoms with van der Waals surface area (Å²) in [6.45, 7) is 5.13. The summed E-state index contributed by atoms with van der Waals surface area (Å²) in [5.41, 5.74) is 2.95. The van der Waals surface area contributed by atoms with Crippen LogP contribution in [0.3, 0.4) is 0 Å². The zero-order chi connectivity index (χ0) is 14.4. The van der Waals surface area contributed by atoms with E-state index in [-0.39, 0.29) is 5.91 Å². The average Bonchev–Trinajstić information content (AvgIpc) is 2.47. The number of benzene rings is 2. The Balaban J connectivity index is 1.92. The molecule has 0 saturated carbocycles. The van der Waals surface area contributed by atoms with E-state index in [1.54, 1.807) is 12.1 Å². The van der Waals surface area contributed by atoms with Crippen molar-refractivity contribution >= 4 is 5.91 Å². The third-order valence-corrected chi connectivity index (χ3v) is 3.00. The van der Waals surface area contributed by atoms with Crippen LogP contribution in [0.5, 0.6) is 5.75 Å². The van der Waals surface area contributed by atoms with E-state index >= 15 is 0 Å². The van der Waals surface area contributed by atoms with Crippen LogP contribution in [0.15, 0.2) is 48.5 Å². The van der Waals surface area contributed by atoms with Gasteiger partial charge in [0.1, 0.15) is 5.75 Å². The molecule has 0 aliphatic carbocycles. The fraction of sp³-hybridized carbons (Fsp3) is 0.235. The molecule has 2 rings (SSSR count). The molecule has 3 heteroatoms. The molecule has 1 N–H and O–H groups in total. The zero-order valence-electron chi connectivity index (χ0n) is 11.8. The van der Waals surface area contributed by atoms with Gasteiger partial charge in [-0.15, -0.1) is 0 Å². The Morgan fingerprint density at radius 2 is 1.70 bits per heavy atom. The molecule has 0 aliphatic heterocycles. The van der Waals surface area contributed by atoms with Crippen molar-refractivity contribution in [2.75, 3.05) is 6.61 Å². The molecular weight excluding hydrogens is 250 g/mol. The largest absolute Gasteiger partial charge is 0.494 e. The van der Waals surface area contributed by atoms with Crippen molar-refractivity contribution in [1.29, 1.82) is 0 Å². The Morgan fingerprint density at radius 3 is 2.30 bits per heavy atom. The minimum Gasteiger partial charge on any atom is -0.494 e. The Hall–Kier alpha value is -2.29. The van der Waals surface area contributed by atoms with Crippen LogP contribution < -0.4 is 10.1 Å². The van der Waals surface area contributed by atoms with Crippen LogP contribution >= 0.6 is 0 Å². The molecule has 2 aromatic carbocycles. The minimum absolute atomic E-state index is 0.0753. The zero-order valence-corrected chi connectivity index (χ0v) is 11.8. The van der Waals surface area contributed by atoms with Crippen molar-refractivity contribution in [3.8, 4) is 5.75 Å². The van der Waals surface area contributed by atoms with Gasteiger partial charge < -0.3 is 10.1 Å². The summed E-state index contributed by atoms with van der Waals surface area (Å²) in [5.74, 6) is 0.705. The van der Waals surface area contributed by atoms with Gasteiger partial charge in [0.2, 0.25) is 0 Å². The van der Waals surface area contributed by atoms with Crippen LogP contribution in [0.4, 0.5) is 0 Å². The maximum Gasteiger partial charge on any atom is 0.251 e. The van der Waals surface area contributed by atoms with Crippen molar-refractivity contribution in [3.05, 3.63) is 65.2 Å². The summed E-state index contributed by atoms with van der Waals surface area (Å²) in [7, 11) is 0. The highest BCUT2D eigenvalue weighted by Gasteiger charge is 2.05. The fourth-order valence-electron chi connectivity index (χ4n) is 1.86. The van der Waals surface area contributed by atoms with Gasteiger partial charge in [-0.1, -0.05) is 29.8 Å². The molecule has 0 spiro atoms. The second-order valence-electron chi connectivity index (χ2n) is 4.63. The van der Waals surface area contributed by atoms with E-state index < -0.39 is 0 Å². The van der Waals surface area contributed by atoms with E-state index in [2.05, 4.69) is 5.32 Å². The highest BCUT2D eigenvalue weighted by molar-refractivity contribution is 5.94. The maximum atomic E-state index is 12.0. The maximum absolute atomic E-state index is 12.0. The van der Waals surface area contributed by atoms with Crippen LogP contribution in [0.1, 0.15) is 28.4 Å². The first-order valence-electron chi connectivity index (χ1n) is 6.75. The normalized spacial score (nSPS) is 10.1. The van der Waals surface area contributed by atoms with E-state index in [1.165, 1.54) is 5.56 Å². The molecule has 0 atom stereocenters. The molecule has 0 unspecified atom stereocenters. The van der Waals surface area contributed by atoms with Crippen LogP contribution in [0.2, 0.25) is 0 Å². The first-order chi connectivity index (χ1) is 9.69. The van der Waals surface area contributed by atoms with Crippen molar-refractivity contribution in [3.63, 3.8) is 0 Å².